The molecule has 1 amide bonds. The number of para-hydroxylation sites is 1. The SMILES string of the molecule is O=C(NCc1nc2ccccc2s1)c1cccc2c1CNCC2. The van der Waals surface area contributed by atoms with E-state index in [1.54, 1.807) is 11.3 Å². The summed E-state index contributed by atoms with van der Waals surface area (Å²) in [7, 11) is 0. The van der Waals surface area contributed by atoms with Crippen LogP contribution in [0.3, 0.4) is 0 Å². The molecule has 1 aromatic heterocycles. The van der Waals surface area contributed by atoms with Gasteiger partial charge in [0.2, 0.25) is 0 Å². The molecule has 0 unspecified atom stereocenters. The molecule has 2 heterocycles. The highest BCUT2D eigenvalue weighted by molar-refractivity contribution is 7.18. The quantitative estimate of drug-likeness (QED) is 0.779. The molecule has 0 aliphatic carbocycles. The Morgan fingerprint density at radius 1 is 1.22 bits per heavy atom. The van der Waals surface area contributed by atoms with E-state index in [1.807, 2.05) is 30.3 Å². The zero-order valence-electron chi connectivity index (χ0n) is 12.6. The van der Waals surface area contributed by atoms with Crippen LogP contribution in [0.2, 0.25) is 0 Å². The summed E-state index contributed by atoms with van der Waals surface area (Å²) in [6.07, 6.45) is 0.980. The average molecular weight is 323 g/mol. The molecule has 0 bridgehead atoms. The van der Waals surface area contributed by atoms with Crippen molar-refractivity contribution in [2.24, 2.45) is 0 Å². The topological polar surface area (TPSA) is 54.0 Å². The molecule has 4 nitrogen and oxygen atoms in total. The lowest BCUT2D eigenvalue weighted by Gasteiger charge is -2.19. The molecule has 0 atom stereocenters. The number of rotatable bonds is 3. The van der Waals surface area contributed by atoms with Gasteiger partial charge >= 0.3 is 0 Å². The molecule has 1 aliphatic rings. The van der Waals surface area contributed by atoms with E-state index in [2.05, 4.69) is 27.8 Å². The second-order valence-electron chi connectivity index (χ2n) is 5.63. The van der Waals surface area contributed by atoms with E-state index < -0.39 is 0 Å². The van der Waals surface area contributed by atoms with Gasteiger partial charge < -0.3 is 10.6 Å². The lowest BCUT2D eigenvalue weighted by molar-refractivity contribution is 0.0949. The van der Waals surface area contributed by atoms with Gasteiger partial charge in [-0.05, 0) is 42.3 Å². The molecule has 0 spiro atoms. The number of amides is 1. The van der Waals surface area contributed by atoms with Crippen LogP contribution < -0.4 is 10.6 Å². The van der Waals surface area contributed by atoms with Gasteiger partial charge in [-0.15, -0.1) is 11.3 Å². The lowest BCUT2D eigenvalue weighted by Crippen LogP contribution is -2.29. The second-order valence-corrected chi connectivity index (χ2v) is 6.74. The van der Waals surface area contributed by atoms with E-state index >= 15 is 0 Å². The van der Waals surface area contributed by atoms with Crippen LogP contribution in [0, 0.1) is 0 Å². The number of nitrogens with one attached hydrogen (secondary N) is 2. The minimum absolute atomic E-state index is 0.0233. The van der Waals surface area contributed by atoms with Gasteiger partial charge in [-0.3, -0.25) is 4.79 Å². The summed E-state index contributed by atoms with van der Waals surface area (Å²) in [6.45, 7) is 2.21. The third-order valence-corrected chi connectivity index (χ3v) is 5.17. The summed E-state index contributed by atoms with van der Waals surface area (Å²) in [5, 5.41) is 7.28. The molecular formula is C18H17N3OS. The standard InChI is InChI=1S/C18H17N3OS/c22-18(13-5-3-4-12-8-9-19-10-14(12)13)20-11-17-21-15-6-1-2-7-16(15)23-17/h1-7,19H,8-11H2,(H,20,22). The van der Waals surface area contributed by atoms with Crippen molar-refractivity contribution in [2.75, 3.05) is 6.54 Å². The number of nitrogens with zero attached hydrogens (tertiary/aromatic N) is 1. The lowest BCUT2D eigenvalue weighted by atomic mass is 9.95. The van der Waals surface area contributed by atoms with Crippen LogP contribution in [0.1, 0.15) is 26.5 Å². The number of hydrogen-bond acceptors (Lipinski definition) is 4. The van der Waals surface area contributed by atoms with Crippen LogP contribution in [0.5, 0.6) is 0 Å². The number of benzene rings is 2. The largest absolute Gasteiger partial charge is 0.346 e. The highest BCUT2D eigenvalue weighted by Gasteiger charge is 2.17. The van der Waals surface area contributed by atoms with Gasteiger partial charge in [-0.2, -0.15) is 0 Å². The van der Waals surface area contributed by atoms with Gasteiger partial charge in [0.05, 0.1) is 16.8 Å². The maximum atomic E-state index is 12.5. The monoisotopic (exact) mass is 323 g/mol. The maximum absolute atomic E-state index is 12.5. The van der Waals surface area contributed by atoms with E-state index in [9.17, 15) is 4.79 Å². The Morgan fingerprint density at radius 3 is 3.04 bits per heavy atom. The molecule has 1 aliphatic heterocycles. The van der Waals surface area contributed by atoms with E-state index in [-0.39, 0.29) is 5.91 Å². The van der Waals surface area contributed by atoms with Crippen molar-refractivity contribution >= 4 is 27.5 Å². The Balaban J connectivity index is 1.52. The number of carbonyl (C=O) groups excluding carboxylic acids is 1. The first-order valence-corrected chi connectivity index (χ1v) is 8.57. The molecule has 0 fully saturated rings. The van der Waals surface area contributed by atoms with Crippen molar-refractivity contribution in [3.05, 3.63) is 64.2 Å². The van der Waals surface area contributed by atoms with Gasteiger partial charge in [-0.1, -0.05) is 24.3 Å². The van der Waals surface area contributed by atoms with Crippen LogP contribution in [0.4, 0.5) is 0 Å². The number of aromatic nitrogens is 1. The molecule has 3 aromatic rings. The fraction of sp³-hybridized carbons (Fsp3) is 0.222. The van der Waals surface area contributed by atoms with Crippen molar-refractivity contribution < 1.29 is 4.79 Å². The average Bonchev–Trinajstić information content (AvgIpc) is 3.02. The smallest absolute Gasteiger partial charge is 0.251 e. The van der Waals surface area contributed by atoms with Gasteiger partial charge in [-0.25, -0.2) is 4.98 Å². The first kappa shape index (κ1) is 14.4. The van der Waals surface area contributed by atoms with E-state index in [4.69, 9.17) is 0 Å². The molecular weight excluding hydrogens is 306 g/mol. The van der Waals surface area contributed by atoms with Crippen LogP contribution in [0.15, 0.2) is 42.5 Å². The van der Waals surface area contributed by atoms with Crippen LogP contribution in [-0.2, 0) is 19.5 Å². The minimum Gasteiger partial charge on any atom is -0.346 e. The van der Waals surface area contributed by atoms with Gasteiger partial charge in [0.1, 0.15) is 5.01 Å². The molecule has 0 saturated carbocycles. The molecule has 5 heteroatoms. The zero-order chi connectivity index (χ0) is 15.6. The molecule has 0 radical (unpaired) electrons. The molecule has 2 aromatic carbocycles. The number of thiazole rings is 1. The van der Waals surface area contributed by atoms with Crippen molar-refractivity contribution in [3.8, 4) is 0 Å². The van der Waals surface area contributed by atoms with Crippen molar-refractivity contribution in [1.29, 1.82) is 0 Å². The van der Waals surface area contributed by atoms with E-state index in [0.717, 1.165) is 45.9 Å². The fourth-order valence-corrected chi connectivity index (χ4v) is 3.88. The van der Waals surface area contributed by atoms with Gasteiger partial charge in [0.15, 0.2) is 0 Å². The summed E-state index contributed by atoms with van der Waals surface area (Å²) in [4.78, 5) is 17.1. The highest BCUT2D eigenvalue weighted by Crippen LogP contribution is 2.22. The van der Waals surface area contributed by atoms with Crippen molar-refractivity contribution in [1.82, 2.24) is 15.6 Å². The Bertz CT molecular complexity index is 839. The summed E-state index contributed by atoms with van der Waals surface area (Å²) in [6, 6.07) is 14.0. The number of carbonyl (C=O) groups is 1. The minimum atomic E-state index is -0.0233. The van der Waals surface area contributed by atoms with Gasteiger partial charge in [0.25, 0.3) is 5.91 Å². The Morgan fingerprint density at radius 2 is 2.13 bits per heavy atom. The normalized spacial score (nSPS) is 13.7. The third-order valence-electron chi connectivity index (χ3n) is 4.13. The Hall–Kier alpha value is -2.24. The fourth-order valence-electron chi connectivity index (χ4n) is 2.97. The van der Waals surface area contributed by atoms with Crippen LogP contribution in [0.25, 0.3) is 10.2 Å². The maximum Gasteiger partial charge on any atom is 0.251 e. The van der Waals surface area contributed by atoms with Crippen LogP contribution >= 0.6 is 11.3 Å². The van der Waals surface area contributed by atoms with E-state index in [1.165, 1.54) is 5.56 Å². The zero-order valence-corrected chi connectivity index (χ0v) is 13.5. The molecule has 23 heavy (non-hydrogen) atoms. The summed E-state index contributed by atoms with van der Waals surface area (Å²) < 4.78 is 1.15. The molecule has 0 saturated heterocycles. The first-order valence-electron chi connectivity index (χ1n) is 7.75. The van der Waals surface area contributed by atoms with Crippen molar-refractivity contribution in [2.45, 2.75) is 19.5 Å². The molecule has 116 valence electrons. The van der Waals surface area contributed by atoms with Crippen molar-refractivity contribution in [3.63, 3.8) is 0 Å². The number of fused-ring (bicyclic) bond motifs is 2. The first-order chi connectivity index (χ1) is 11.3. The summed E-state index contributed by atoms with van der Waals surface area (Å²) in [5.74, 6) is -0.0233. The Kier molecular flexibility index (Phi) is 3.81. The number of hydrogen-bond donors (Lipinski definition) is 2. The Labute approximate surface area is 138 Å². The third kappa shape index (κ3) is 2.85. The molecule has 4 rings (SSSR count). The molecule has 2 N–H and O–H groups in total. The predicted octanol–water partition coefficient (Wildman–Crippen LogP) is 2.87. The summed E-state index contributed by atoms with van der Waals surface area (Å²) >= 11 is 1.63. The summed E-state index contributed by atoms with van der Waals surface area (Å²) in [5.41, 5.74) is 4.16. The second kappa shape index (κ2) is 6.10. The van der Waals surface area contributed by atoms with E-state index in [0.29, 0.717) is 6.54 Å². The predicted molar refractivity (Wildman–Crippen MR) is 92.6 cm³/mol. The van der Waals surface area contributed by atoms with Gasteiger partial charge in [0, 0.05) is 12.1 Å². The highest BCUT2D eigenvalue weighted by atomic mass is 32.1. The van der Waals surface area contributed by atoms with Crippen LogP contribution in [-0.4, -0.2) is 17.4 Å².